The van der Waals surface area contributed by atoms with E-state index in [2.05, 4.69) is 26.1 Å². The Morgan fingerprint density at radius 1 is 1.32 bits per heavy atom. The first-order valence-electron chi connectivity index (χ1n) is 8.73. The molecule has 1 aliphatic heterocycles. The number of methoxy groups -OCH3 is 1. The number of aliphatic hydroxyl groups excluding tert-OH is 1. The Morgan fingerprint density at radius 2 is 1.91 bits per heavy atom. The van der Waals surface area contributed by atoms with Crippen LogP contribution in [0.4, 0.5) is 4.79 Å². The number of hydrogen-bond donors (Lipinski definition) is 2. The van der Waals surface area contributed by atoms with E-state index in [4.69, 9.17) is 4.74 Å². The van der Waals surface area contributed by atoms with Crippen LogP contribution in [0, 0.1) is 17.3 Å². The Hall–Kier alpha value is -0.810. The van der Waals surface area contributed by atoms with Gasteiger partial charge in [0.1, 0.15) is 0 Å². The summed E-state index contributed by atoms with van der Waals surface area (Å²) in [6.45, 7) is 8.27. The maximum atomic E-state index is 12.6. The minimum atomic E-state index is 0.0501. The van der Waals surface area contributed by atoms with Crippen LogP contribution in [0.25, 0.3) is 0 Å². The van der Waals surface area contributed by atoms with Crippen molar-refractivity contribution in [1.29, 1.82) is 0 Å². The molecule has 1 heterocycles. The molecule has 2 amide bonds. The summed E-state index contributed by atoms with van der Waals surface area (Å²) < 4.78 is 5.69. The van der Waals surface area contributed by atoms with Gasteiger partial charge >= 0.3 is 6.03 Å². The van der Waals surface area contributed by atoms with Crippen LogP contribution in [0.15, 0.2) is 0 Å². The highest BCUT2D eigenvalue weighted by atomic mass is 16.5. The van der Waals surface area contributed by atoms with Crippen LogP contribution in [0.2, 0.25) is 0 Å². The molecule has 0 bridgehead atoms. The molecule has 128 valence electrons. The molecule has 3 unspecified atom stereocenters. The number of likely N-dealkylation sites (tertiary alicyclic amines) is 1. The third-order valence-electron chi connectivity index (χ3n) is 6.20. The van der Waals surface area contributed by atoms with Gasteiger partial charge < -0.3 is 20.1 Å². The largest absolute Gasteiger partial charge is 0.396 e. The number of carbonyl (C=O) groups is 1. The summed E-state index contributed by atoms with van der Waals surface area (Å²) in [5, 5.41) is 12.5. The molecule has 22 heavy (non-hydrogen) atoms. The quantitative estimate of drug-likeness (QED) is 0.818. The van der Waals surface area contributed by atoms with E-state index in [1.165, 1.54) is 0 Å². The van der Waals surface area contributed by atoms with Crippen molar-refractivity contribution in [3.05, 3.63) is 0 Å². The first kappa shape index (κ1) is 17.5. The van der Waals surface area contributed by atoms with Crippen LogP contribution in [0.3, 0.4) is 0 Å². The number of amides is 2. The number of ether oxygens (including phenoxy) is 1. The van der Waals surface area contributed by atoms with E-state index in [0.29, 0.717) is 11.8 Å². The van der Waals surface area contributed by atoms with E-state index >= 15 is 0 Å². The zero-order valence-corrected chi connectivity index (χ0v) is 14.5. The molecule has 5 heteroatoms. The SMILES string of the molecule is CCC1(CC)C(NC(=O)N2CCC(CO)CC2)C(C)C1OC. The second-order valence-corrected chi connectivity index (χ2v) is 7.00. The number of piperidine rings is 1. The summed E-state index contributed by atoms with van der Waals surface area (Å²) in [7, 11) is 1.78. The van der Waals surface area contributed by atoms with Crippen molar-refractivity contribution in [2.75, 3.05) is 26.8 Å². The standard InChI is InChI=1S/C17H32N2O3/c1-5-17(6-2)14(12(3)15(17)22-4)18-16(21)19-9-7-13(11-20)8-10-19/h12-15,20H,5-11H2,1-4H3,(H,18,21). The van der Waals surface area contributed by atoms with E-state index in [1.807, 2.05) is 4.90 Å². The molecule has 2 fully saturated rings. The average Bonchev–Trinajstić information content (AvgIpc) is 2.56. The second-order valence-electron chi connectivity index (χ2n) is 7.00. The van der Waals surface area contributed by atoms with Gasteiger partial charge in [0.05, 0.1) is 6.10 Å². The third-order valence-corrected chi connectivity index (χ3v) is 6.20. The second kappa shape index (κ2) is 7.18. The van der Waals surface area contributed by atoms with Gasteiger partial charge in [-0.2, -0.15) is 0 Å². The number of nitrogens with one attached hydrogen (secondary N) is 1. The first-order valence-corrected chi connectivity index (χ1v) is 8.73. The van der Waals surface area contributed by atoms with Crippen molar-refractivity contribution < 1.29 is 14.6 Å². The molecule has 3 atom stereocenters. The fourth-order valence-electron chi connectivity index (χ4n) is 4.64. The monoisotopic (exact) mass is 312 g/mol. The van der Waals surface area contributed by atoms with E-state index in [0.717, 1.165) is 38.8 Å². The topological polar surface area (TPSA) is 61.8 Å². The van der Waals surface area contributed by atoms with Crippen LogP contribution in [-0.4, -0.2) is 55.0 Å². The van der Waals surface area contributed by atoms with Crippen molar-refractivity contribution in [2.45, 2.75) is 58.6 Å². The Bertz CT molecular complexity index is 376. The number of carbonyl (C=O) groups excluding carboxylic acids is 1. The molecule has 5 nitrogen and oxygen atoms in total. The number of hydrogen-bond acceptors (Lipinski definition) is 3. The highest BCUT2D eigenvalue weighted by Gasteiger charge is 2.59. The minimum Gasteiger partial charge on any atom is -0.396 e. The predicted octanol–water partition coefficient (Wildman–Crippen LogP) is 2.24. The Kier molecular flexibility index (Phi) is 5.72. The number of urea groups is 1. The van der Waals surface area contributed by atoms with Gasteiger partial charge in [0, 0.05) is 44.2 Å². The summed E-state index contributed by atoms with van der Waals surface area (Å²) in [5.74, 6) is 0.707. The smallest absolute Gasteiger partial charge is 0.317 e. The van der Waals surface area contributed by atoms with Gasteiger partial charge in [0.15, 0.2) is 0 Å². The molecule has 0 aromatic rings. The van der Waals surface area contributed by atoms with Crippen LogP contribution < -0.4 is 5.32 Å². The fourth-order valence-corrected chi connectivity index (χ4v) is 4.64. The van der Waals surface area contributed by atoms with E-state index < -0.39 is 0 Å². The normalized spacial score (nSPS) is 31.7. The van der Waals surface area contributed by atoms with E-state index in [-0.39, 0.29) is 30.2 Å². The summed E-state index contributed by atoms with van der Waals surface area (Å²) in [6.07, 6.45) is 4.07. The average molecular weight is 312 g/mol. The molecule has 2 N–H and O–H groups in total. The van der Waals surface area contributed by atoms with Crippen molar-refractivity contribution in [2.24, 2.45) is 17.3 Å². The summed E-state index contributed by atoms with van der Waals surface area (Å²) in [5.41, 5.74) is 0.0627. The van der Waals surface area contributed by atoms with Crippen LogP contribution in [0.5, 0.6) is 0 Å². The molecule has 2 rings (SSSR count). The molecular weight excluding hydrogens is 280 g/mol. The van der Waals surface area contributed by atoms with Crippen molar-refractivity contribution in [3.8, 4) is 0 Å². The zero-order chi connectivity index (χ0) is 16.3. The lowest BCUT2D eigenvalue weighted by molar-refractivity contribution is -0.164. The molecule has 0 aromatic carbocycles. The minimum absolute atomic E-state index is 0.0501. The lowest BCUT2D eigenvalue weighted by Gasteiger charge is -2.59. The third kappa shape index (κ3) is 2.85. The summed E-state index contributed by atoms with van der Waals surface area (Å²) >= 11 is 0. The van der Waals surface area contributed by atoms with Crippen LogP contribution in [-0.2, 0) is 4.74 Å². The molecule has 2 aliphatic rings. The van der Waals surface area contributed by atoms with Gasteiger partial charge in [-0.05, 0) is 31.6 Å². The fraction of sp³-hybridized carbons (Fsp3) is 0.941. The molecule has 0 spiro atoms. The Balaban J connectivity index is 1.96. The molecule has 0 radical (unpaired) electrons. The van der Waals surface area contributed by atoms with Crippen molar-refractivity contribution in [1.82, 2.24) is 10.2 Å². The van der Waals surface area contributed by atoms with E-state index in [1.54, 1.807) is 7.11 Å². The molecule has 1 aliphatic carbocycles. The number of rotatable bonds is 5. The summed E-state index contributed by atoms with van der Waals surface area (Å²) in [4.78, 5) is 14.5. The molecule has 1 saturated carbocycles. The lowest BCUT2D eigenvalue weighted by Crippen LogP contribution is -2.71. The zero-order valence-electron chi connectivity index (χ0n) is 14.5. The number of nitrogens with zero attached hydrogens (tertiary/aromatic N) is 1. The maximum absolute atomic E-state index is 12.6. The van der Waals surface area contributed by atoms with Gasteiger partial charge in [-0.25, -0.2) is 4.79 Å². The predicted molar refractivity (Wildman–Crippen MR) is 86.7 cm³/mol. The van der Waals surface area contributed by atoms with Gasteiger partial charge in [0.2, 0.25) is 0 Å². The van der Waals surface area contributed by atoms with Crippen molar-refractivity contribution >= 4 is 6.03 Å². The highest BCUT2D eigenvalue weighted by molar-refractivity contribution is 5.75. The van der Waals surface area contributed by atoms with Gasteiger partial charge in [-0.3, -0.25) is 0 Å². The first-order chi connectivity index (χ1) is 10.5. The summed E-state index contributed by atoms with van der Waals surface area (Å²) in [6, 6.07) is 0.240. The van der Waals surface area contributed by atoms with Gasteiger partial charge in [-0.1, -0.05) is 20.8 Å². The maximum Gasteiger partial charge on any atom is 0.317 e. The Labute approximate surface area is 134 Å². The Morgan fingerprint density at radius 3 is 2.36 bits per heavy atom. The molecular formula is C17H32N2O3. The molecule has 0 aromatic heterocycles. The van der Waals surface area contributed by atoms with Gasteiger partial charge in [-0.15, -0.1) is 0 Å². The van der Waals surface area contributed by atoms with Gasteiger partial charge in [0.25, 0.3) is 0 Å². The van der Waals surface area contributed by atoms with Crippen LogP contribution >= 0.6 is 0 Å². The lowest BCUT2D eigenvalue weighted by atomic mass is 9.53. The molecule has 1 saturated heterocycles. The van der Waals surface area contributed by atoms with E-state index in [9.17, 15) is 9.90 Å². The highest BCUT2D eigenvalue weighted by Crippen LogP contribution is 2.52. The van der Waals surface area contributed by atoms with Crippen LogP contribution in [0.1, 0.15) is 46.5 Å². The number of aliphatic hydroxyl groups is 1. The van der Waals surface area contributed by atoms with Crippen molar-refractivity contribution in [3.63, 3.8) is 0 Å².